The quantitative estimate of drug-likeness (QED) is 0.412. The SMILES string of the molecule is CCC1(CC)CN(Cc2cc3cc(CNC(=O)c4cc(=O)n5ccccc5n4)ccc3nc2F)C1. The number of carbonyl (C=O) groups is 1. The molecule has 0 spiro atoms. The summed E-state index contributed by atoms with van der Waals surface area (Å²) in [5.41, 5.74) is 2.53. The van der Waals surface area contributed by atoms with E-state index in [9.17, 15) is 14.0 Å². The van der Waals surface area contributed by atoms with E-state index >= 15 is 0 Å². The zero-order chi connectivity index (χ0) is 24.6. The molecule has 3 aromatic heterocycles. The van der Waals surface area contributed by atoms with E-state index in [0.717, 1.165) is 36.9 Å². The number of amides is 1. The number of aromatic nitrogens is 3. The van der Waals surface area contributed by atoms with Gasteiger partial charge in [-0.05, 0) is 54.2 Å². The van der Waals surface area contributed by atoms with Crippen molar-refractivity contribution in [2.24, 2.45) is 5.41 Å². The van der Waals surface area contributed by atoms with Crippen LogP contribution in [0.25, 0.3) is 16.6 Å². The zero-order valence-corrected chi connectivity index (χ0v) is 19.9. The Hall–Kier alpha value is -3.65. The van der Waals surface area contributed by atoms with Crippen molar-refractivity contribution < 1.29 is 9.18 Å². The van der Waals surface area contributed by atoms with Crippen LogP contribution in [0, 0.1) is 11.4 Å². The summed E-state index contributed by atoms with van der Waals surface area (Å²) in [6.45, 7) is 7.19. The molecule has 1 saturated heterocycles. The van der Waals surface area contributed by atoms with Crippen molar-refractivity contribution in [2.75, 3.05) is 13.1 Å². The lowest BCUT2D eigenvalue weighted by atomic mass is 9.75. The number of pyridine rings is 2. The molecule has 0 bridgehead atoms. The van der Waals surface area contributed by atoms with Crippen LogP contribution in [0.1, 0.15) is 48.3 Å². The van der Waals surface area contributed by atoms with Crippen LogP contribution < -0.4 is 10.9 Å². The van der Waals surface area contributed by atoms with Gasteiger partial charge in [-0.25, -0.2) is 9.97 Å². The number of halogens is 1. The number of hydrogen-bond acceptors (Lipinski definition) is 5. The largest absolute Gasteiger partial charge is 0.347 e. The van der Waals surface area contributed by atoms with E-state index in [0.29, 0.717) is 28.7 Å². The number of carbonyl (C=O) groups excluding carboxylic acids is 1. The number of likely N-dealkylation sites (tertiary alicyclic amines) is 1. The number of nitrogens with zero attached hydrogens (tertiary/aromatic N) is 4. The molecule has 0 unspecified atom stereocenters. The third-order valence-corrected chi connectivity index (χ3v) is 7.17. The van der Waals surface area contributed by atoms with Crippen LogP contribution in [0.5, 0.6) is 0 Å². The Morgan fingerprint density at radius 3 is 2.66 bits per heavy atom. The summed E-state index contributed by atoms with van der Waals surface area (Å²) in [6, 6.07) is 13.7. The van der Waals surface area contributed by atoms with Gasteiger partial charge >= 0.3 is 0 Å². The highest BCUT2D eigenvalue weighted by atomic mass is 19.1. The van der Waals surface area contributed by atoms with Gasteiger partial charge in [0.2, 0.25) is 5.95 Å². The average molecular weight is 474 g/mol. The summed E-state index contributed by atoms with van der Waals surface area (Å²) in [4.78, 5) is 35.6. The molecule has 0 saturated carbocycles. The molecule has 1 aromatic carbocycles. The van der Waals surface area contributed by atoms with E-state index in [1.165, 1.54) is 10.5 Å². The van der Waals surface area contributed by atoms with Gasteiger partial charge in [0.25, 0.3) is 11.5 Å². The van der Waals surface area contributed by atoms with Gasteiger partial charge < -0.3 is 5.32 Å². The van der Waals surface area contributed by atoms with Gasteiger partial charge in [0.05, 0.1) is 5.52 Å². The Morgan fingerprint density at radius 1 is 1.09 bits per heavy atom. The molecule has 1 aliphatic heterocycles. The molecule has 0 aliphatic carbocycles. The Balaban J connectivity index is 1.30. The van der Waals surface area contributed by atoms with Crippen LogP contribution in [0.2, 0.25) is 0 Å². The second-order valence-corrected chi connectivity index (χ2v) is 9.41. The van der Waals surface area contributed by atoms with Crippen LogP contribution in [-0.2, 0) is 13.1 Å². The van der Waals surface area contributed by atoms with E-state index in [1.807, 2.05) is 18.2 Å². The number of nitrogens with one attached hydrogen (secondary N) is 1. The molecule has 35 heavy (non-hydrogen) atoms. The van der Waals surface area contributed by atoms with Crippen molar-refractivity contribution in [3.8, 4) is 0 Å². The van der Waals surface area contributed by atoms with Gasteiger partial charge in [-0.2, -0.15) is 4.39 Å². The van der Waals surface area contributed by atoms with E-state index in [4.69, 9.17) is 0 Å². The summed E-state index contributed by atoms with van der Waals surface area (Å²) in [5, 5.41) is 3.64. The molecule has 0 atom stereocenters. The van der Waals surface area contributed by atoms with Crippen molar-refractivity contribution >= 4 is 22.5 Å². The predicted octanol–water partition coefficient (Wildman–Crippen LogP) is 3.93. The molecule has 4 aromatic rings. The van der Waals surface area contributed by atoms with Crippen LogP contribution in [0.3, 0.4) is 0 Å². The fourth-order valence-corrected chi connectivity index (χ4v) is 4.86. The van der Waals surface area contributed by atoms with Gasteiger partial charge in [0.15, 0.2) is 0 Å². The molecule has 1 amide bonds. The van der Waals surface area contributed by atoms with E-state index in [2.05, 4.69) is 34.0 Å². The van der Waals surface area contributed by atoms with Gasteiger partial charge in [-0.1, -0.05) is 26.0 Å². The highest BCUT2D eigenvalue weighted by Gasteiger charge is 2.39. The van der Waals surface area contributed by atoms with Crippen LogP contribution in [0.15, 0.2) is 59.5 Å². The summed E-state index contributed by atoms with van der Waals surface area (Å²) in [6.07, 6.45) is 3.88. The summed E-state index contributed by atoms with van der Waals surface area (Å²) in [7, 11) is 0. The van der Waals surface area contributed by atoms with Crippen molar-refractivity contribution in [1.29, 1.82) is 0 Å². The first-order valence-electron chi connectivity index (χ1n) is 12.0. The van der Waals surface area contributed by atoms with Crippen molar-refractivity contribution in [3.05, 3.63) is 87.9 Å². The maximum Gasteiger partial charge on any atom is 0.270 e. The predicted molar refractivity (Wildman–Crippen MR) is 133 cm³/mol. The zero-order valence-electron chi connectivity index (χ0n) is 19.9. The Kier molecular flexibility index (Phi) is 6.06. The van der Waals surface area contributed by atoms with E-state index in [1.54, 1.807) is 30.5 Å². The first-order chi connectivity index (χ1) is 16.9. The standard InChI is InChI=1S/C27H28FN5O2/c1-3-27(4-2)16-32(17-27)15-20-12-19-11-18(8-9-21(19)31-25(20)28)14-29-26(35)22-13-24(34)33-10-6-5-7-23(33)30-22/h5-13H,3-4,14-17H2,1-2H3,(H,29,35). The lowest BCUT2D eigenvalue weighted by Crippen LogP contribution is -2.55. The highest BCUT2D eigenvalue weighted by molar-refractivity contribution is 5.92. The lowest BCUT2D eigenvalue weighted by Gasteiger charge is -2.50. The number of fused-ring (bicyclic) bond motifs is 2. The fraction of sp³-hybridized carbons (Fsp3) is 0.333. The average Bonchev–Trinajstić information content (AvgIpc) is 2.84. The third-order valence-electron chi connectivity index (χ3n) is 7.17. The van der Waals surface area contributed by atoms with Crippen molar-refractivity contribution in [1.82, 2.24) is 24.6 Å². The first-order valence-corrected chi connectivity index (χ1v) is 12.0. The normalized spacial score (nSPS) is 15.3. The maximum atomic E-state index is 14.7. The molecule has 1 N–H and O–H groups in total. The smallest absolute Gasteiger partial charge is 0.270 e. The number of benzene rings is 1. The lowest BCUT2D eigenvalue weighted by molar-refractivity contribution is -0.0127. The van der Waals surface area contributed by atoms with E-state index < -0.39 is 11.9 Å². The minimum absolute atomic E-state index is 0.0674. The molecular weight excluding hydrogens is 445 g/mol. The Morgan fingerprint density at radius 2 is 1.89 bits per heavy atom. The summed E-state index contributed by atoms with van der Waals surface area (Å²) in [5.74, 6) is -0.864. The number of hydrogen-bond donors (Lipinski definition) is 1. The van der Waals surface area contributed by atoms with Crippen LogP contribution >= 0.6 is 0 Å². The Labute approximate surface area is 202 Å². The Bertz CT molecular complexity index is 1470. The topological polar surface area (TPSA) is 79.6 Å². The van der Waals surface area contributed by atoms with Crippen molar-refractivity contribution in [3.63, 3.8) is 0 Å². The monoisotopic (exact) mass is 473 g/mol. The maximum absolute atomic E-state index is 14.7. The molecule has 1 aliphatic rings. The first kappa shape index (κ1) is 23.1. The molecule has 4 heterocycles. The molecule has 180 valence electrons. The molecule has 0 radical (unpaired) electrons. The second kappa shape index (κ2) is 9.19. The fourth-order valence-electron chi connectivity index (χ4n) is 4.86. The molecule has 1 fully saturated rings. The van der Waals surface area contributed by atoms with Gasteiger partial charge in [0.1, 0.15) is 11.3 Å². The highest BCUT2D eigenvalue weighted by Crippen LogP contribution is 2.38. The molecular formula is C27H28FN5O2. The second-order valence-electron chi connectivity index (χ2n) is 9.41. The summed E-state index contributed by atoms with van der Waals surface area (Å²) >= 11 is 0. The van der Waals surface area contributed by atoms with Crippen LogP contribution in [-0.4, -0.2) is 38.3 Å². The van der Waals surface area contributed by atoms with E-state index in [-0.39, 0.29) is 17.8 Å². The van der Waals surface area contributed by atoms with Gasteiger partial charge in [-0.15, -0.1) is 0 Å². The molecule has 8 heteroatoms. The van der Waals surface area contributed by atoms with Gasteiger partial charge in [-0.3, -0.25) is 18.9 Å². The molecule has 5 rings (SSSR count). The molecule has 7 nitrogen and oxygen atoms in total. The van der Waals surface area contributed by atoms with Gasteiger partial charge in [0, 0.05) is 49.4 Å². The third kappa shape index (κ3) is 4.53. The number of rotatable bonds is 7. The summed E-state index contributed by atoms with van der Waals surface area (Å²) < 4.78 is 16.0. The minimum Gasteiger partial charge on any atom is -0.347 e. The minimum atomic E-state index is -0.433. The van der Waals surface area contributed by atoms with Crippen LogP contribution in [0.4, 0.5) is 4.39 Å². The van der Waals surface area contributed by atoms with Crippen molar-refractivity contribution in [2.45, 2.75) is 39.8 Å².